The van der Waals surface area contributed by atoms with E-state index in [0.29, 0.717) is 35.0 Å². The molecule has 0 bridgehead atoms. The highest BCUT2D eigenvalue weighted by Crippen LogP contribution is 2.43. The molecule has 38 heavy (non-hydrogen) atoms. The van der Waals surface area contributed by atoms with Crippen LogP contribution in [0, 0.1) is 0 Å². The summed E-state index contributed by atoms with van der Waals surface area (Å²) in [6.45, 7) is 0.438. The second-order valence-electron chi connectivity index (χ2n) is 8.93. The molecule has 0 atom stereocenters. The number of hydrogen-bond donors (Lipinski definition) is 0. The van der Waals surface area contributed by atoms with E-state index in [-0.39, 0.29) is 35.5 Å². The number of aromatic nitrogens is 3. The summed E-state index contributed by atoms with van der Waals surface area (Å²) in [5.74, 6) is 0.791. The van der Waals surface area contributed by atoms with Crippen LogP contribution in [0.5, 0.6) is 17.2 Å². The molecule has 0 aliphatic carbocycles. The lowest BCUT2D eigenvalue weighted by atomic mass is 10.1. The van der Waals surface area contributed by atoms with E-state index in [1.54, 1.807) is 25.6 Å². The molecular formula is C25H21ClF2N4O5S. The van der Waals surface area contributed by atoms with Gasteiger partial charge < -0.3 is 18.8 Å². The zero-order valence-electron chi connectivity index (χ0n) is 20.0. The average Bonchev–Trinajstić information content (AvgIpc) is 3.43. The van der Waals surface area contributed by atoms with Crippen LogP contribution >= 0.6 is 11.6 Å². The minimum atomic E-state index is -3.95. The van der Waals surface area contributed by atoms with Gasteiger partial charge in [-0.25, -0.2) is 13.4 Å². The lowest BCUT2D eigenvalue weighted by molar-refractivity contribution is -0.286. The SMILES string of the molecule is COc1ccc2c(c1)nc(-c1ccncc1Cl)n2C1CCN(S(=O)(=O)c2ccc3c(c2)OC(F)(F)O3)CC1. The maximum Gasteiger partial charge on any atom is 0.586 e. The minimum absolute atomic E-state index is 0.0745. The zero-order chi connectivity index (χ0) is 26.7. The summed E-state index contributed by atoms with van der Waals surface area (Å²) in [5, 5.41) is 0.449. The molecule has 13 heteroatoms. The van der Waals surface area contributed by atoms with Crippen molar-refractivity contribution >= 4 is 32.7 Å². The topological polar surface area (TPSA) is 95.8 Å². The second-order valence-corrected chi connectivity index (χ2v) is 11.3. The van der Waals surface area contributed by atoms with Crippen LogP contribution in [0.15, 0.2) is 59.8 Å². The summed E-state index contributed by atoms with van der Waals surface area (Å²) in [4.78, 5) is 8.77. The van der Waals surface area contributed by atoms with E-state index in [9.17, 15) is 17.2 Å². The normalized spacial score (nSPS) is 17.7. The average molecular weight is 563 g/mol. The van der Waals surface area contributed by atoms with E-state index in [1.165, 1.54) is 16.4 Å². The predicted molar refractivity (Wildman–Crippen MR) is 134 cm³/mol. The Morgan fingerprint density at radius 1 is 1.08 bits per heavy atom. The molecule has 0 spiro atoms. The van der Waals surface area contributed by atoms with E-state index < -0.39 is 16.3 Å². The van der Waals surface area contributed by atoms with Crippen molar-refractivity contribution in [2.24, 2.45) is 0 Å². The number of nitrogens with zero attached hydrogens (tertiary/aromatic N) is 4. The van der Waals surface area contributed by atoms with Crippen molar-refractivity contribution in [1.82, 2.24) is 18.8 Å². The van der Waals surface area contributed by atoms with Crippen molar-refractivity contribution < 1.29 is 31.4 Å². The standard InChI is InChI=1S/C25H21ClF2N4O5S/c1-35-16-2-4-21-20(12-16)30-24(18-6-9-29-14-19(18)26)32(21)15-7-10-31(11-8-15)38(33,34)17-3-5-22-23(13-17)37-25(27,28)36-22/h2-6,9,12-15H,7-8,10-11H2,1H3. The third kappa shape index (κ3) is 4.22. The van der Waals surface area contributed by atoms with Crippen LogP contribution < -0.4 is 14.2 Å². The molecule has 4 heterocycles. The first-order valence-corrected chi connectivity index (χ1v) is 13.5. The molecule has 9 nitrogen and oxygen atoms in total. The van der Waals surface area contributed by atoms with Gasteiger partial charge in [-0.2, -0.15) is 4.31 Å². The molecule has 0 radical (unpaired) electrons. The van der Waals surface area contributed by atoms with Crippen molar-refractivity contribution in [2.75, 3.05) is 20.2 Å². The molecule has 1 fully saturated rings. The van der Waals surface area contributed by atoms with Gasteiger partial charge in [-0.15, -0.1) is 8.78 Å². The van der Waals surface area contributed by atoms with Crippen molar-refractivity contribution in [3.05, 3.63) is 59.9 Å². The molecule has 0 amide bonds. The fraction of sp³-hybridized carbons (Fsp3) is 0.280. The first-order valence-electron chi connectivity index (χ1n) is 11.7. The van der Waals surface area contributed by atoms with Crippen LogP contribution in [0.2, 0.25) is 5.02 Å². The number of hydrogen-bond acceptors (Lipinski definition) is 7. The highest BCUT2D eigenvalue weighted by Gasteiger charge is 2.44. The lowest BCUT2D eigenvalue weighted by Gasteiger charge is -2.33. The van der Waals surface area contributed by atoms with Gasteiger partial charge in [0.1, 0.15) is 11.6 Å². The Morgan fingerprint density at radius 2 is 1.84 bits per heavy atom. The van der Waals surface area contributed by atoms with Crippen LogP contribution in [-0.4, -0.2) is 53.8 Å². The van der Waals surface area contributed by atoms with Crippen LogP contribution in [-0.2, 0) is 10.0 Å². The largest absolute Gasteiger partial charge is 0.586 e. The van der Waals surface area contributed by atoms with Gasteiger partial charge in [0.2, 0.25) is 10.0 Å². The first kappa shape index (κ1) is 24.8. The number of sulfonamides is 1. The predicted octanol–water partition coefficient (Wildman–Crippen LogP) is 5.11. The number of pyridine rings is 1. The molecule has 1 saturated heterocycles. The van der Waals surface area contributed by atoms with Crippen LogP contribution in [0.4, 0.5) is 8.78 Å². The fourth-order valence-corrected chi connectivity index (χ4v) is 6.59. The molecule has 2 aromatic heterocycles. The summed E-state index contributed by atoms with van der Waals surface area (Å²) in [7, 11) is -2.37. The van der Waals surface area contributed by atoms with Gasteiger partial charge in [0.05, 0.1) is 28.1 Å². The Morgan fingerprint density at radius 3 is 2.58 bits per heavy atom. The van der Waals surface area contributed by atoms with Crippen LogP contribution in [0.25, 0.3) is 22.4 Å². The number of fused-ring (bicyclic) bond motifs is 2. The van der Waals surface area contributed by atoms with Crippen molar-refractivity contribution in [3.63, 3.8) is 0 Å². The highest BCUT2D eigenvalue weighted by atomic mass is 35.5. The molecular weight excluding hydrogens is 542 g/mol. The maximum absolute atomic E-state index is 13.4. The first-order chi connectivity index (χ1) is 18.2. The Labute approximate surface area is 221 Å². The van der Waals surface area contributed by atoms with Gasteiger partial charge in [-0.3, -0.25) is 4.98 Å². The van der Waals surface area contributed by atoms with Crippen molar-refractivity contribution in [1.29, 1.82) is 0 Å². The van der Waals surface area contributed by atoms with E-state index in [1.807, 2.05) is 18.2 Å². The quantitative estimate of drug-likeness (QED) is 0.333. The van der Waals surface area contributed by atoms with Gasteiger partial charge >= 0.3 is 6.29 Å². The lowest BCUT2D eigenvalue weighted by Crippen LogP contribution is -2.39. The van der Waals surface area contributed by atoms with E-state index in [2.05, 4.69) is 19.0 Å². The van der Waals surface area contributed by atoms with E-state index in [0.717, 1.165) is 17.1 Å². The Bertz CT molecular complexity index is 1660. The molecule has 198 valence electrons. The Balaban J connectivity index is 1.30. The monoisotopic (exact) mass is 562 g/mol. The van der Waals surface area contributed by atoms with Gasteiger partial charge in [-0.05, 0) is 43.2 Å². The summed E-state index contributed by atoms with van der Waals surface area (Å²) in [6.07, 6.45) is 0.361. The molecule has 2 aliphatic rings. The zero-order valence-corrected chi connectivity index (χ0v) is 21.5. The molecule has 0 unspecified atom stereocenters. The number of benzene rings is 2. The van der Waals surface area contributed by atoms with Crippen molar-refractivity contribution in [2.45, 2.75) is 30.1 Å². The highest BCUT2D eigenvalue weighted by molar-refractivity contribution is 7.89. The smallest absolute Gasteiger partial charge is 0.497 e. The van der Waals surface area contributed by atoms with Crippen molar-refractivity contribution in [3.8, 4) is 28.6 Å². The number of rotatable bonds is 5. The maximum atomic E-state index is 13.4. The number of imidazole rings is 1. The summed E-state index contributed by atoms with van der Waals surface area (Å²) in [6, 6.07) is 10.8. The summed E-state index contributed by atoms with van der Waals surface area (Å²) >= 11 is 6.47. The van der Waals surface area contributed by atoms with Gasteiger partial charge in [0.15, 0.2) is 11.5 Å². The molecule has 2 aliphatic heterocycles. The molecule has 0 saturated carbocycles. The third-order valence-electron chi connectivity index (χ3n) is 6.71. The Hall–Kier alpha value is -3.48. The molecule has 4 aromatic rings. The van der Waals surface area contributed by atoms with E-state index in [4.69, 9.17) is 21.3 Å². The fourth-order valence-electron chi connectivity index (χ4n) is 4.90. The van der Waals surface area contributed by atoms with Gasteiger partial charge in [0.25, 0.3) is 0 Å². The minimum Gasteiger partial charge on any atom is -0.497 e. The number of piperidine rings is 1. The summed E-state index contributed by atoms with van der Waals surface area (Å²) < 4.78 is 71.1. The number of alkyl halides is 2. The molecule has 0 N–H and O–H groups in total. The van der Waals surface area contributed by atoms with Crippen LogP contribution in [0.3, 0.4) is 0 Å². The van der Waals surface area contributed by atoms with Gasteiger partial charge in [0, 0.05) is 49.2 Å². The number of methoxy groups -OCH3 is 1. The Kier molecular flexibility index (Phi) is 5.93. The van der Waals surface area contributed by atoms with E-state index >= 15 is 0 Å². The van der Waals surface area contributed by atoms with Crippen LogP contribution in [0.1, 0.15) is 18.9 Å². The third-order valence-corrected chi connectivity index (χ3v) is 8.90. The molecule has 6 rings (SSSR count). The number of halogens is 3. The van der Waals surface area contributed by atoms with Gasteiger partial charge in [-0.1, -0.05) is 11.6 Å². The number of ether oxygens (including phenoxy) is 3. The summed E-state index contributed by atoms with van der Waals surface area (Å²) in [5.41, 5.74) is 2.30. The second kappa shape index (κ2) is 9.07. The molecule has 2 aromatic carbocycles.